The maximum atomic E-state index is 5.50. The molecule has 3 nitrogen and oxygen atoms in total. The standard InChI is InChI=1S/C4H13N3.2ClH/c1-4(2,5)3-7-6;;/h7H,3,5-6H2,1-2H3;2*1H. The molecule has 0 fully saturated rings. The molecule has 9 heavy (non-hydrogen) atoms. The second-order valence-corrected chi connectivity index (χ2v) is 2.37. The molecule has 0 bridgehead atoms. The van der Waals surface area contributed by atoms with Gasteiger partial charge in [0, 0.05) is 12.1 Å². The first-order chi connectivity index (χ1) is 3.06. The summed E-state index contributed by atoms with van der Waals surface area (Å²) < 4.78 is 0. The van der Waals surface area contributed by atoms with Gasteiger partial charge in [0.2, 0.25) is 0 Å². The van der Waals surface area contributed by atoms with Gasteiger partial charge in [0.25, 0.3) is 0 Å². The molecule has 0 heterocycles. The fraction of sp³-hybridized carbons (Fsp3) is 1.00. The molecule has 0 atom stereocenters. The Morgan fingerprint density at radius 2 is 1.67 bits per heavy atom. The second-order valence-electron chi connectivity index (χ2n) is 2.37. The van der Waals surface area contributed by atoms with Crippen LogP contribution in [-0.2, 0) is 0 Å². The Kier molecular flexibility index (Phi) is 11.9. The van der Waals surface area contributed by atoms with Crippen molar-refractivity contribution in [1.29, 1.82) is 0 Å². The summed E-state index contributed by atoms with van der Waals surface area (Å²) in [6.45, 7) is 4.46. The number of hydrogen-bond acceptors (Lipinski definition) is 3. The minimum absolute atomic E-state index is 0. The lowest BCUT2D eigenvalue weighted by atomic mass is 10.1. The van der Waals surface area contributed by atoms with Crippen LogP contribution in [0.4, 0.5) is 0 Å². The third-order valence-corrected chi connectivity index (χ3v) is 0.558. The number of hydrazine groups is 1. The van der Waals surface area contributed by atoms with Crippen LogP contribution in [0.3, 0.4) is 0 Å². The van der Waals surface area contributed by atoms with Crippen molar-refractivity contribution in [1.82, 2.24) is 5.43 Å². The normalized spacial score (nSPS) is 9.33. The van der Waals surface area contributed by atoms with E-state index in [0.717, 1.165) is 0 Å². The van der Waals surface area contributed by atoms with Crippen molar-refractivity contribution < 1.29 is 0 Å². The summed E-state index contributed by atoms with van der Waals surface area (Å²) in [5.74, 6) is 4.98. The van der Waals surface area contributed by atoms with Gasteiger partial charge in [-0.3, -0.25) is 11.3 Å². The van der Waals surface area contributed by atoms with Gasteiger partial charge in [-0.25, -0.2) is 0 Å². The summed E-state index contributed by atoms with van der Waals surface area (Å²) in [4.78, 5) is 0. The minimum Gasteiger partial charge on any atom is -0.324 e. The summed E-state index contributed by atoms with van der Waals surface area (Å²) in [5.41, 5.74) is 7.80. The summed E-state index contributed by atoms with van der Waals surface area (Å²) >= 11 is 0. The van der Waals surface area contributed by atoms with Crippen LogP contribution in [0.2, 0.25) is 0 Å². The van der Waals surface area contributed by atoms with Gasteiger partial charge in [-0.05, 0) is 13.8 Å². The first-order valence-electron chi connectivity index (χ1n) is 2.28. The first-order valence-corrected chi connectivity index (χ1v) is 2.28. The van der Waals surface area contributed by atoms with Crippen molar-refractivity contribution in [3.63, 3.8) is 0 Å². The van der Waals surface area contributed by atoms with E-state index in [-0.39, 0.29) is 30.4 Å². The zero-order chi connectivity index (χ0) is 5.91. The zero-order valence-corrected chi connectivity index (χ0v) is 7.31. The van der Waals surface area contributed by atoms with E-state index in [4.69, 9.17) is 11.6 Å². The average molecular weight is 176 g/mol. The lowest BCUT2D eigenvalue weighted by Crippen LogP contribution is -2.45. The number of hydrogen-bond donors (Lipinski definition) is 3. The van der Waals surface area contributed by atoms with E-state index in [2.05, 4.69) is 5.43 Å². The molecular formula is C4H15Cl2N3. The fourth-order valence-electron chi connectivity index (χ4n) is 0.263. The number of halogens is 2. The van der Waals surface area contributed by atoms with Crippen LogP contribution in [0, 0.1) is 0 Å². The number of nitrogens with one attached hydrogen (secondary N) is 1. The minimum atomic E-state index is -0.186. The smallest absolute Gasteiger partial charge is 0.0273 e. The van der Waals surface area contributed by atoms with E-state index < -0.39 is 0 Å². The van der Waals surface area contributed by atoms with Crippen LogP contribution in [0.1, 0.15) is 13.8 Å². The van der Waals surface area contributed by atoms with E-state index >= 15 is 0 Å². The Morgan fingerprint density at radius 3 is 1.67 bits per heavy atom. The molecule has 0 saturated heterocycles. The monoisotopic (exact) mass is 175 g/mol. The van der Waals surface area contributed by atoms with Crippen LogP contribution in [0.15, 0.2) is 0 Å². The third kappa shape index (κ3) is 17.7. The highest BCUT2D eigenvalue weighted by Gasteiger charge is 2.06. The molecule has 0 aliphatic heterocycles. The highest BCUT2D eigenvalue weighted by Crippen LogP contribution is 1.89. The molecule has 0 rings (SSSR count). The quantitative estimate of drug-likeness (QED) is 0.411. The lowest BCUT2D eigenvalue weighted by molar-refractivity contribution is 0.475. The lowest BCUT2D eigenvalue weighted by Gasteiger charge is -2.16. The summed E-state index contributed by atoms with van der Waals surface area (Å²) in [6, 6.07) is 0. The number of nitrogens with two attached hydrogens (primary N) is 2. The molecule has 0 aliphatic rings. The molecule has 0 saturated carbocycles. The van der Waals surface area contributed by atoms with Crippen LogP contribution in [0.25, 0.3) is 0 Å². The molecule has 0 aromatic rings. The van der Waals surface area contributed by atoms with Crippen LogP contribution >= 0.6 is 24.8 Å². The van der Waals surface area contributed by atoms with Crippen molar-refractivity contribution in [2.24, 2.45) is 11.6 Å². The highest BCUT2D eigenvalue weighted by atomic mass is 35.5. The highest BCUT2D eigenvalue weighted by molar-refractivity contribution is 5.85. The van der Waals surface area contributed by atoms with E-state index in [1.54, 1.807) is 0 Å². The summed E-state index contributed by atoms with van der Waals surface area (Å²) in [5, 5.41) is 0. The van der Waals surface area contributed by atoms with Crippen molar-refractivity contribution in [2.75, 3.05) is 6.54 Å². The average Bonchev–Trinajstić information content (AvgIpc) is 1.30. The summed E-state index contributed by atoms with van der Waals surface area (Å²) in [6.07, 6.45) is 0. The van der Waals surface area contributed by atoms with E-state index in [1.807, 2.05) is 13.8 Å². The molecule has 0 aromatic heterocycles. The molecule has 0 aromatic carbocycles. The van der Waals surface area contributed by atoms with E-state index in [9.17, 15) is 0 Å². The Balaban J connectivity index is -0.000000180. The van der Waals surface area contributed by atoms with Gasteiger partial charge in [-0.2, -0.15) is 0 Å². The van der Waals surface area contributed by atoms with Crippen LogP contribution < -0.4 is 17.0 Å². The van der Waals surface area contributed by atoms with E-state index in [1.165, 1.54) is 0 Å². The first kappa shape index (κ1) is 16.2. The molecule has 5 N–H and O–H groups in total. The molecule has 0 spiro atoms. The largest absolute Gasteiger partial charge is 0.324 e. The van der Waals surface area contributed by atoms with Gasteiger partial charge >= 0.3 is 0 Å². The molecule has 0 amide bonds. The summed E-state index contributed by atoms with van der Waals surface area (Å²) in [7, 11) is 0. The van der Waals surface area contributed by atoms with Gasteiger partial charge in [0.05, 0.1) is 0 Å². The van der Waals surface area contributed by atoms with Crippen LogP contribution in [0.5, 0.6) is 0 Å². The maximum absolute atomic E-state index is 5.50. The van der Waals surface area contributed by atoms with Crippen molar-refractivity contribution in [2.45, 2.75) is 19.4 Å². The van der Waals surface area contributed by atoms with Crippen molar-refractivity contribution >= 4 is 24.8 Å². The molecule has 60 valence electrons. The van der Waals surface area contributed by atoms with Gasteiger partial charge < -0.3 is 5.73 Å². The molecule has 0 radical (unpaired) electrons. The molecular weight excluding hydrogens is 161 g/mol. The Hall–Kier alpha value is 0.460. The van der Waals surface area contributed by atoms with Gasteiger partial charge in [0.1, 0.15) is 0 Å². The maximum Gasteiger partial charge on any atom is 0.0273 e. The third-order valence-electron chi connectivity index (χ3n) is 0.558. The molecule has 5 heteroatoms. The van der Waals surface area contributed by atoms with Gasteiger partial charge in [-0.15, -0.1) is 24.8 Å². The fourth-order valence-corrected chi connectivity index (χ4v) is 0.263. The molecule has 0 aliphatic carbocycles. The number of rotatable bonds is 2. The predicted molar refractivity (Wildman–Crippen MR) is 45.0 cm³/mol. The molecule has 0 unspecified atom stereocenters. The second kappa shape index (κ2) is 6.58. The zero-order valence-electron chi connectivity index (χ0n) is 5.68. The van der Waals surface area contributed by atoms with Crippen molar-refractivity contribution in [3.05, 3.63) is 0 Å². The topological polar surface area (TPSA) is 64.1 Å². The van der Waals surface area contributed by atoms with E-state index in [0.29, 0.717) is 6.54 Å². The predicted octanol–water partition coefficient (Wildman–Crippen LogP) is 0.0306. The van der Waals surface area contributed by atoms with Gasteiger partial charge in [0.15, 0.2) is 0 Å². The van der Waals surface area contributed by atoms with Gasteiger partial charge in [-0.1, -0.05) is 0 Å². The Morgan fingerprint density at radius 1 is 1.33 bits per heavy atom. The van der Waals surface area contributed by atoms with Crippen LogP contribution in [-0.4, -0.2) is 12.1 Å². The van der Waals surface area contributed by atoms with Crippen molar-refractivity contribution in [3.8, 4) is 0 Å². The Labute approximate surface area is 68.3 Å². The SMILES string of the molecule is CC(C)(N)CNN.Cl.Cl. The Bertz CT molecular complexity index is 52.3.